The minimum atomic E-state index is -0.0666. The first kappa shape index (κ1) is 24.0. The first-order chi connectivity index (χ1) is 17.5. The summed E-state index contributed by atoms with van der Waals surface area (Å²) in [5, 5.41) is 4.88. The van der Waals surface area contributed by atoms with Gasteiger partial charge in [-0.05, 0) is 61.9 Å². The Kier molecular flexibility index (Phi) is 7.02. The maximum atomic E-state index is 13.0. The van der Waals surface area contributed by atoms with Crippen molar-refractivity contribution in [2.75, 3.05) is 0 Å². The summed E-state index contributed by atoms with van der Waals surface area (Å²) < 4.78 is 8.37. The van der Waals surface area contributed by atoms with Crippen LogP contribution in [0.3, 0.4) is 0 Å². The van der Waals surface area contributed by atoms with Gasteiger partial charge >= 0.3 is 0 Å². The Balaban J connectivity index is 1.47. The van der Waals surface area contributed by atoms with Crippen LogP contribution in [0.2, 0.25) is 0 Å². The number of amides is 1. The lowest BCUT2D eigenvalue weighted by Gasteiger charge is -2.18. The van der Waals surface area contributed by atoms with Crippen molar-refractivity contribution >= 4 is 40.3 Å². The zero-order valence-corrected chi connectivity index (χ0v) is 21.6. The van der Waals surface area contributed by atoms with Crippen molar-refractivity contribution in [1.82, 2.24) is 14.7 Å². The monoisotopic (exact) mass is 511 g/mol. The van der Waals surface area contributed by atoms with E-state index in [1.807, 2.05) is 116 Å². The number of nitrogens with zero attached hydrogens (tertiary/aromatic N) is 3. The topological polar surface area (TPSA) is 47.4 Å². The van der Waals surface area contributed by atoms with Crippen molar-refractivity contribution < 1.29 is 9.53 Å². The van der Waals surface area contributed by atoms with Crippen molar-refractivity contribution in [3.63, 3.8) is 0 Å². The molecule has 7 heteroatoms. The SMILES string of the molecule is CC(C)N1C(=O)/C(=C/c2cn(-c3ccccc3)nc2-c2ccc(OCc3ccccc3)cc2)SC1=S. The fraction of sp³-hybridized carbons (Fsp3) is 0.138. The normalized spacial score (nSPS) is 14.8. The van der Waals surface area contributed by atoms with Crippen molar-refractivity contribution in [3.05, 3.63) is 107 Å². The smallest absolute Gasteiger partial charge is 0.266 e. The van der Waals surface area contributed by atoms with E-state index in [9.17, 15) is 4.79 Å². The summed E-state index contributed by atoms with van der Waals surface area (Å²) in [4.78, 5) is 15.3. The van der Waals surface area contributed by atoms with E-state index in [1.165, 1.54) is 11.8 Å². The highest BCUT2D eigenvalue weighted by atomic mass is 32.2. The number of hydrogen-bond acceptors (Lipinski definition) is 5. The van der Waals surface area contributed by atoms with E-state index in [4.69, 9.17) is 22.1 Å². The second kappa shape index (κ2) is 10.5. The number of thiocarbonyl (C=S) groups is 1. The lowest BCUT2D eigenvalue weighted by molar-refractivity contribution is -0.123. The zero-order valence-electron chi connectivity index (χ0n) is 20.0. The van der Waals surface area contributed by atoms with Crippen LogP contribution >= 0.6 is 24.0 Å². The van der Waals surface area contributed by atoms with Gasteiger partial charge in [-0.25, -0.2) is 4.68 Å². The molecule has 0 atom stereocenters. The van der Waals surface area contributed by atoms with E-state index in [0.717, 1.165) is 33.8 Å². The van der Waals surface area contributed by atoms with Gasteiger partial charge in [0.25, 0.3) is 5.91 Å². The van der Waals surface area contributed by atoms with Crippen LogP contribution in [0.15, 0.2) is 96.0 Å². The fourth-order valence-corrected chi connectivity index (χ4v) is 5.46. The van der Waals surface area contributed by atoms with E-state index in [-0.39, 0.29) is 11.9 Å². The Hall–Kier alpha value is -3.68. The zero-order chi connectivity index (χ0) is 25.1. The van der Waals surface area contributed by atoms with Crippen LogP contribution in [-0.4, -0.2) is 30.9 Å². The maximum absolute atomic E-state index is 13.0. The fourth-order valence-electron chi connectivity index (χ4n) is 3.95. The van der Waals surface area contributed by atoms with Gasteiger partial charge in [0.1, 0.15) is 16.7 Å². The Morgan fingerprint density at radius 1 is 0.972 bits per heavy atom. The van der Waals surface area contributed by atoms with Gasteiger partial charge in [-0.1, -0.05) is 72.5 Å². The standard InChI is InChI=1S/C29H25N3O2S2/c1-20(2)32-28(33)26(36-29(32)35)17-23-18-31(24-11-7-4-8-12-24)30-27(23)22-13-15-25(16-14-22)34-19-21-9-5-3-6-10-21/h3-18,20H,19H2,1-2H3/b26-17-. The first-order valence-corrected chi connectivity index (χ1v) is 12.9. The van der Waals surface area contributed by atoms with Crippen molar-refractivity contribution in [2.24, 2.45) is 0 Å². The average molecular weight is 512 g/mol. The molecule has 0 bridgehead atoms. The Bertz CT molecular complexity index is 1410. The highest BCUT2D eigenvalue weighted by Crippen LogP contribution is 2.36. The second-order valence-electron chi connectivity index (χ2n) is 8.66. The summed E-state index contributed by atoms with van der Waals surface area (Å²) >= 11 is 6.79. The highest BCUT2D eigenvalue weighted by molar-refractivity contribution is 8.26. The second-order valence-corrected chi connectivity index (χ2v) is 10.3. The molecule has 0 spiro atoms. The number of para-hydroxylation sites is 1. The van der Waals surface area contributed by atoms with Gasteiger partial charge in [0.15, 0.2) is 0 Å². The molecule has 1 saturated heterocycles. The number of carbonyl (C=O) groups is 1. The molecule has 1 aliphatic rings. The third kappa shape index (κ3) is 5.12. The lowest BCUT2D eigenvalue weighted by atomic mass is 10.1. The van der Waals surface area contributed by atoms with Gasteiger partial charge in [-0.2, -0.15) is 5.10 Å². The third-order valence-corrected chi connectivity index (χ3v) is 7.10. The number of aromatic nitrogens is 2. The van der Waals surface area contributed by atoms with Gasteiger partial charge < -0.3 is 4.74 Å². The summed E-state index contributed by atoms with van der Waals surface area (Å²) in [6.07, 6.45) is 3.84. The summed E-state index contributed by atoms with van der Waals surface area (Å²) in [6.45, 7) is 4.44. The molecule has 4 aromatic rings. The molecule has 36 heavy (non-hydrogen) atoms. The summed E-state index contributed by atoms with van der Waals surface area (Å²) in [5.74, 6) is 0.715. The average Bonchev–Trinajstić information content (AvgIpc) is 3.44. The molecule has 0 radical (unpaired) electrons. The van der Waals surface area contributed by atoms with E-state index < -0.39 is 0 Å². The Morgan fingerprint density at radius 2 is 1.64 bits per heavy atom. The largest absolute Gasteiger partial charge is 0.489 e. The molecular weight excluding hydrogens is 486 g/mol. The Labute approximate surface area is 220 Å². The molecule has 0 saturated carbocycles. The van der Waals surface area contributed by atoms with E-state index in [1.54, 1.807) is 4.90 Å². The molecule has 3 aromatic carbocycles. The van der Waals surface area contributed by atoms with Crippen LogP contribution in [-0.2, 0) is 11.4 Å². The van der Waals surface area contributed by atoms with Crippen molar-refractivity contribution in [1.29, 1.82) is 0 Å². The van der Waals surface area contributed by atoms with Gasteiger partial charge in [0, 0.05) is 23.4 Å². The lowest BCUT2D eigenvalue weighted by Crippen LogP contribution is -2.34. The number of thioether (sulfide) groups is 1. The van der Waals surface area contributed by atoms with Gasteiger partial charge in [-0.3, -0.25) is 9.69 Å². The van der Waals surface area contributed by atoms with E-state index in [0.29, 0.717) is 15.8 Å². The molecule has 180 valence electrons. The van der Waals surface area contributed by atoms with Gasteiger partial charge in [0.2, 0.25) is 0 Å². The van der Waals surface area contributed by atoms with Crippen LogP contribution < -0.4 is 4.74 Å². The van der Waals surface area contributed by atoms with Crippen LogP contribution in [0.25, 0.3) is 23.0 Å². The molecule has 2 heterocycles. The van der Waals surface area contributed by atoms with E-state index in [2.05, 4.69) is 0 Å². The molecular formula is C29H25N3O2S2. The number of hydrogen-bond donors (Lipinski definition) is 0. The molecule has 5 rings (SSSR count). The van der Waals surface area contributed by atoms with Crippen LogP contribution in [0.5, 0.6) is 5.75 Å². The molecule has 1 aromatic heterocycles. The first-order valence-electron chi connectivity index (χ1n) is 11.7. The predicted octanol–water partition coefficient (Wildman–Crippen LogP) is 6.73. The maximum Gasteiger partial charge on any atom is 0.266 e. The quantitative estimate of drug-likeness (QED) is 0.203. The molecule has 0 unspecified atom stereocenters. The number of carbonyl (C=O) groups excluding carboxylic acids is 1. The highest BCUT2D eigenvalue weighted by Gasteiger charge is 2.34. The summed E-state index contributed by atoms with van der Waals surface area (Å²) in [5.41, 5.74) is 4.62. The summed E-state index contributed by atoms with van der Waals surface area (Å²) in [6, 6.07) is 27.9. The van der Waals surface area contributed by atoms with E-state index >= 15 is 0 Å². The number of benzene rings is 3. The van der Waals surface area contributed by atoms with Crippen molar-refractivity contribution in [3.8, 4) is 22.7 Å². The molecule has 0 aliphatic carbocycles. The molecule has 1 amide bonds. The Morgan fingerprint density at radius 3 is 2.28 bits per heavy atom. The molecule has 0 N–H and O–H groups in total. The van der Waals surface area contributed by atoms with Gasteiger partial charge in [0.05, 0.1) is 16.3 Å². The van der Waals surface area contributed by atoms with Crippen LogP contribution in [0.4, 0.5) is 0 Å². The third-order valence-electron chi connectivity index (χ3n) is 5.77. The van der Waals surface area contributed by atoms with Gasteiger partial charge in [-0.15, -0.1) is 0 Å². The predicted molar refractivity (Wildman–Crippen MR) is 150 cm³/mol. The van der Waals surface area contributed by atoms with Crippen LogP contribution in [0.1, 0.15) is 25.0 Å². The van der Waals surface area contributed by atoms with Crippen LogP contribution in [0, 0.1) is 0 Å². The van der Waals surface area contributed by atoms with Crippen molar-refractivity contribution in [2.45, 2.75) is 26.5 Å². The molecule has 1 aliphatic heterocycles. The molecule has 1 fully saturated rings. The summed E-state index contributed by atoms with van der Waals surface area (Å²) in [7, 11) is 0. The minimum absolute atomic E-state index is 0.0124. The number of rotatable bonds is 7. The molecule has 5 nitrogen and oxygen atoms in total. The number of ether oxygens (including phenoxy) is 1. The minimum Gasteiger partial charge on any atom is -0.489 e.